The Kier molecular flexibility index (Phi) is 8.00. The van der Waals surface area contributed by atoms with Gasteiger partial charge in [0.15, 0.2) is 0 Å². The van der Waals surface area contributed by atoms with E-state index in [0.29, 0.717) is 12.3 Å². The van der Waals surface area contributed by atoms with Crippen LogP contribution < -0.4 is 10.4 Å². The number of carbonyl (C=O) groups is 1. The first kappa shape index (κ1) is 21.6. The Morgan fingerprint density at radius 1 is 0.963 bits per heavy atom. The molecule has 0 aliphatic rings. The number of rotatable bonds is 9. The molecule has 3 heteroatoms. The molecule has 0 saturated carbocycles. The maximum atomic E-state index is 11.3. The van der Waals surface area contributed by atoms with Gasteiger partial charge in [0.1, 0.15) is 5.78 Å². The third-order valence-electron chi connectivity index (χ3n) is 5.05. The Morgan fingerprint density at radius 3 is 1.85 bits per heavy atom. The van der Waals surface area contributed by atoms with Crippen molar-refractivity contribution in [2.45, 2.75) is 60.0 Å². The summed E-state index contributed by atoms with van der Waals surface area (Å²) in [4.78, 5) is 11.3. The highest BCUT2D eigenvalue weighted by molar-refractivity contribution is 6.80. The van der Waals surface area contributed by atoms with Gasteiger partial charge in [0.05, 0.1) is 6.10 Å². The summed E-state index contributed by atoms with van der Waals surface area (Å²) < 4.78 is 6.96. The molecule has 0 radical (unpaired) electrons. The van der Waals surface area contributed by atoms with Crippen molar-refractivity contribution >= 4 is 25.2 Å². The summed E-state index contributed by atoms with van der Waals surface area (Å²) in [5.74, 6) is 0.683. The van der Waals surface area contributed by atoms with E-state index in [4.69, 9.17) is 4.43 Å². The van der Waals surface area contributed by atoms with Gasteiger partial charge in [-0.2, -0.15) is 0 Å². The van der Waals surface area contributed by atoms with Crippen LogP contribution in [0.5, 0.6) is 0 Å². The molecule has 0 N–H and O–H groups in total. The van der Waals surface area contributed by atoms with Crippen LogP contribution >= 0.6 is 0 Å². The Balaban J connectivity index is 2.26. The maximum absolute atomic E-state index is 11.3. The molecule has 0 bridgehead atoms. The Morgan fingerprint density at radius 2 is 1.44 bits per heavy atom. The lowest BCUT2D eigenvalue weighted by Crippen LogP contribution is -2.51. The molecule has 0 aliphatic heterocycles. The van der Waals surface area contributed by atoms with E-state index in [9.17, 15) is 4.79 Å². The van der Waals surface area contributed by atoms with Gasteiger partial charge in [-0.3, -0.25) is 0 Å². The second-order valence-electron chi connectivity index (χ2n) is 8.70. The van der Waals surface area contributed by atoms with Gasteiger partial charge >= 0.3 is 0 Å². The number of carbonyl (C=O) groups excluding carboxylic acids is 1. The highest BCUT2D eigenvalue weighted by Gasteiger charge is 2.34. The highest BCUT2D eigenvalue weighted by atomic mass is 28.3. The van der Waals surface area contributed by atoms with E-state index in [1.54, 1.807) is 6.92 Å². The fraction of sp³-hybridized carbons (Fsp3) is 0.458. The Bertz CT molecular complexity index is 652. The normalized spacial score (nSPS) is 14.1. The average Bonchev–Trinajstić information content (AvgIpc) is 2.62. The fourth-order valence-electron chi connectivity index (χ4n) is 3.77. The lowest BCUT2D eigenvalue weighted by molar-refractivity contribution is -0.117. The monoisotopic (exact) mass is 382 g/mol. The topological polar surface area (TPSA) is 26.3 Å². The maximum Gasteiger partial charge on any atom is 0.240 e. The smallest absolute Gasteiger partial charge is 0.240 e. The van der Waals surface area contributed by atoms with Gasteiger partial charge < -0.3 is 9.22 Å². The van der Waals surface area contributed by atoms with E-state index in [1.165, 1.54) is 10.4 Å². The average molecular weight is 383 g/mol. The first-order valence-corrected chi connectivity index (χ1v) is 11.7. The van der Waals surface area contributed by atoms with Gasteiger partial charge in [-0.05, 0) is 41.5 Å². The summed E-state index contributed by atoms with van der Waals surface area (Å²) in [5, 5.41) is 2.63. The molecule has 0 heterocycles. The summed E-state index contributed by atoms with van der Waals surface area (Å²) in [5.41, 5.74) is 0.0461. The standard InChI is InChI=1S/C24H34O2Si/c1-19(13-12-14-20(2)25)23(24(3,4)5)26-27(21-15-8-6-9-16-21)22-17-10-7-11-18-22/h6-11,15-19,23,27H,12-14H2,1-5H3. The number of benzene rings is 2. The quantitative estimate of drug-likeness (QED) is 0.603. The summed E-state index contributed by atoms with van der Waals surface area (Å²) in [6.07, 6.45) is 2.78. The van der Waals surface area contributed by atoms with Crippen LogP contribution in [-0.4, -0.2) is 20.9 Å². The number of hydrogen-bond acceptors (Lipinski definition) is 2. The molecule has 0 aliphatic carbocycles. The van der Waals surface area contributed by atoms with Crippen LogP contribution in [0.15, 0.2) is 60.7 Å². The minimum atomic E-state index is -1.78. The van der Waals surface area contributed by atoms with Crippen LogP contribution in [0.4, 0.5) is 0 Å². The van der Waals surface area contributed by atoms with Crippen LogP contribution in [-0.2, 0) is 9.22 Å². The Hall–Kier alpha value is -1.71. The largest absolute Gasteiger partial charge is 0.407 e. The lowest BCUT2D eigenvalue weighted by Gasteiger charge is -2.38. The zero-order valence-corrected chi connectivity index (χ0v) is 18.6. The van der Waals surface area contributed by atoms with E-state index >= 15 is 0 Å². The number of ketones is 1. The van der Waals surface area contributed by atoms with Crippen molar-refractivity contribution in [3.05, 3.63) is 60.7 Å². The predicted molar refractivity (Wildman–Crippen MR) is 117 cm³/mol. The molecular weight excluding hydrogens is 348 g/mol. The second-order valence-corrected chi connectivity index (χ2v) is 11.1. The Labute approximate surface area is 166 Å². The summed E-state index contributed by atoms with van der Waals surface area (Å²) in [6.45, 7) is 10.7. The van der Waals surface area contributed by atoms with E-state index in [1.807, 2.05) is 0 Å². The third-order valence-corrected chi connectivity index (χ3v) is 7.59. The van der Waals surface area contributed by atoms with Gasteiger partial charge in [-0.25, -0.2) is 0 Å². The summed E-state index contributed by atoms with van der Waals surface area (Å²) in [7, 11) is -1.78. The first-order valence-electron chi connectivity index (χ1n) is 10.0. The molecule has 0 saturated heterocycles. The fourth-order valence-corrected chi connectivity index (χ4v) is 6.58. The molecule has 2 unspecified atom stereocenters. The van der Waals surface area contributed by atoms with Crippen LogP contribution in [0.3, 0.4) is 0 Å². The molecule has 146 valence electrons. The molecule has 27 heavy (non-hydrogen) atoms. The third kappa shape index (κ3) is 6.75. The van der Waals surface area contributed by atoms with Crippen LogP contribution in [0, 0.1) is 11.3 Å². The molecule has 2 rings (SSSR count). The van der Waals surface area contributed by atoms with Gasteiger partial charge in [-0.15, -0.1) is 0 Å². The molecule has 0 spiro atoms. The molecule has 2 aromatic rings. The molecule has 0 amide bonds. The van der Waals surface area contributed by atoms with E-state index in [-0.39, 0.29) is 17.3 Å². The van der Waals surface area contributed by atoms with Crippen molar-refractivity contribution in [2.75, 3.05) is 0 Å². The predicted octanol–water partition coefficient (Wildman–Crippen LogP) is 4.35. The minimum Gasteiger partial charge on any atom is -0.407 e. The van der Waals surface area contributed by atoms with Gasteiger partial charge in [0, 0.05) is 6.42 Å². The molecular formula is C24H34O2Si. The van der Waals surface area contributed by atoms with Gasteiger partial charge in [0.2, 0.25) is 9.04 Å². The number of hydrogen-bond donors (Lipinski definition) is 0. The number of Topliss-reactive ketones (excluding diaryl/α,β-unsaturated/α-hetero) is 1. The van der Waals surface area contributed by atoms with Gasteiger partial charge in [-0.1, -0.05) is 88.4 Å². The SMILES string of the molecule is CC(=O)CCCC(C)C(O[SiH](c1ccccc1)c1ccccc1)C(C)(C)C. The second kappa shape index (κ2) is 10.0. The van der Waals surface area contributed by atoms with Crippen LogP contribution in [0.1, 0.15) is 53.9 Å². The van der Waals surface area contributed by atoms with Crippen molar-refractivity contribution in [2.24, 2.45) is 11.3 Å². The summed E-state index contributed by atoms with van der Waals surface area (Å²) >= 11 is 0. The van der Waals surface area contributed by atoms with E-state index in [2.05, 4.69) is 88.4 Å². The van der Waals surface area contributed by atoms with E-state index in [0.717, 1.165) is 12.8 Å². The molecule has 0 aromatic heterocycles. The van der Waals surface area contributed by atoms with Crippen molar-refractivity contribution in [3.63, 3.8) is 0 Å². The van der Waals surface area contributed by atoms with Crippen LogP contribution in [0.2, 0.25) is 0 Å². The van der Waals surface area contributed by atoms with E-state index < -0.39 is 9.04 Å². The van der Waals surface area contributed by atoms with Gasteiger partial charge in [0.25, 0.3) is 0 Å². The molecule has 0 fully saturated rings. The van der Waals surface area contributed by atoms with Crippen molar-refractivity contribution in [3.8, 4) is 0 Å². The molecule has 2 nitrogen and oxygen atoms in total. The lowest BCUT2D eigenvalue weighted by atomic mass is 9.80. The summed E-state index contributed by atoms with van der Waals surface area (Å²) in [6, 6.07) is 21.3. The van der Waals surface area contributed by atoms with Crippen molar-refractivity contribution in [1.82, 2.24) is 0 Å². The van der Waals surface area contributed by atoms with Crippen LogP contribution in [0.25, 0.3) is 0 Å². The zero-order valence-electron chi connectivity index (χ0n) is 17.4. The highest BCUT2D eigenvalue weighted by Crippen LogP contribution is 2.31. The molecule has 2 aromatic carbocycles. The molecule has 2 atom stereocenters. The first-order chi connectivity index (χ1) is 12.8. The minimum absolute atomic E-state index is 0.0461. The van der Waals surface area contributed by atoms with Crippen molar-refractivity contribution in [1.29, 1.82) is 0 Å². The zero-order chi connectivity index (χ0) is 19.9. The van der Waals surface area contributed by atoms with Crippen molar-refractivity contribution < 1.29 is 9.22 Å².